The lowest BCUT2D eigenvalue weighted by molar-refractivity contribution is 1.18. The second-order valence-electron chi connectivity index (χ2n) is 12.2. The van der Waals surface area contributed by atoms with Gasteiger partial charge in [0.25, 0.3) is 0 Å². The van der Waals surface area contributed by atoms with Crippen molar-refractivity contribution >= 4 is 55.0 Å². The summed E-state index contributed by atoms with van der Waals surface area (Å²) in [5.41, 5.74) is 11.5. The van der Waals surface area contributed by atoms with Crippen LogP contribution in [0, 0.1) is 24.5 Å². The predicted molar refractivity (Wildman–Crippen MR) is 203 cm³/mol. The molecule has 2 heterocycles. The van der Waals surface area contributed by atoms with E-state index in [9.17, 15) is 5.26 Å². The number of fused-ring (bicyclic) bond motifs is 6. The summed E-state index contributed by atoms with van der Waals surface area (Å²) < 4.78 is 4.36. The van der Waals surface area contributed by atoms with Crippen molar-refractivity contribution in [2.24, 2.45) is 0 Å². The van der Waals surface area contributed by atoms with Crippen LogP contribution in [-0.4, -0.2) is 9.13 Å². The Hall–Kier alpha value is -7.39. The molecule has 5 nitrogen and oxygen atoms in total. The van der Waals surface area contributed by atoms with E-state index in [1.165, 1.54) is 0 Å². The van der Waals surface area contributed by atoms with E-state index in [-0.39, 0.29) is 0 Å². The quantitative estimate of drug-likeness (QED) is 0.177. The van der Waals surface area contributed by atoms with Crippen molar-refractivity contribution in [1.29, 1.82) is 5.26 Å². The standard InChI is InChI=1S/C45H25N5/c1-47-39-17-10-16-37-38-27-29(28-46)21-26-43(38)49(44(37)39)31-24-22-30(23-25-31)32-11-3-4-12-33(32)36-15-9-18-40(48-2)45(36)50-41-19-7-5-13-34(41)35-14-6-8-20-42(35)50/h3-27H. The Kier molecular flexibility index (Phi) is 6.56. The molecule has 230 valence electrons. The summed E-state index contributed by atoms with van der Waals surface area (Å²) in [5.74, 6) is 0. The van der Waals surface area contributed by atoms with Gasteiger partial charge in [-0.2, -0.15) is 5.26 Å². The summed E-state index contributed by atoms with van der Waals surface area (Å²) >= 11 is 0. The number of nitrogens with zero attached hydrogens (tertiary/aromatic N) is 5. The van der Waals surface area contributed by atoms with Gasteiger partial charge in [-0.05, 0) is 70.1 Å². The van der Waals surface area contributed by atoms with Crippen LogP contribution >= 0.6 is 0 Å². The van der Waals surface area contributed by atoms with Gasteiger partial charge in [-0.25, -0.2) is 9.69 Å². The summed E-state index contributed by atoms with van der Waals surface area (Å²) in [6.07, 6.45) is 0. The summed E-state index contributed by atoms with van der Waals surface area (Å²) in [6, 6.07) is 53.2. The Labute approximate surface area is 288 Å². The molecule has 0 bridgehead atoms. The van der Waals surface area contributed by atoms with Crippen LogP contribution in [0.1, 0.15) is 5.56 Å². The normalized spacial score (nSPS) is 11.1. The van der Waals surface area contributed by atoms with Crippen molar-refractivity contribution in [3.05, 3.63) is 180 Å². The van der Waals surface area contributed by atoms with Gasteiger partial charge in [-0.1, -0.05) is 109 Å². The average Bonchev–Trinajstić information content (AvgIpc) is 3.70. The van der Waals surface area contributed by atoms with E-state index in [4.69, 9.17) is 13.1 Å². The van der Waals surface area contributed by atoms with Crippen LogP contribution < -0.4 is 0 Å². The van der Waals surface area contributed by atoms with Crippen LogP contribution in [0.3, 0.4) is 0 Å². The molecule has 0 spiro atoms. The first-order valence-electron chi connectivity index (χ1n) is 16.2. The van der Waals surface area contributed by atoms with Gasteiger partial charge in [0.2, 0.25) is 11.4 Å². The summed E-state index contributed by atoms with van der Waals surface area (Å²) in [4.78, 5) is 7.89. The van der Waals surface area contributed by atoms with E-state index in [1.54, 1.807) is 0 Å². The Balaban J connectivity index is 1.24. The zero-order valence-corrected chi connectivity index (χ0v) is 26.7. The fourth-order valence-electron chi connectivity index (χ4n) is 7.48. The molecule has 0 saturated carbocycles. The minimum Gasteiger partial charge on any atom is -0.319 e. The smallest absolute Gasteiger partial charge is 0.211 e. The molecule has 7 aromatic carbocycles. The molecule has 0 saturated heterocycles. The van der Waals surface area contributed by atoms with Gasteiger partial charge in [-0.3, -0.25) is 0 Å². The maximum absolute atomic E-state index is 9.61. The number of hydrogen-bond donors (Lipinski definition) is 0. The summed E-state index contributed by atoms with van der Waals surface area (Å²) in [6.45, 7) is 16.1. The first-order valence-corrected chi connectivity index (χ1v) is 16.2. The van der Waals surface area contributed by atoms with E-state index in [1.807, 2.05) is 72.8 Å². The lowest BCUT2D eigenvalue weighted by Gasteiger charge is -2.19. The van der Waals surface area contributed by atoms with Crippen LogP contribution in [0.25, 0.3) is 86.9 Å². The molecule has 0 amide bonds. The SMILES string of the molecule is [C-]#[N+]c1cccc(-c2ccccc2-c2ccc(-n3c4ccc(C#N)cc4c4cccc([N+]#[C-])c43)cc2)c1-n1c2ccccc2c2ccccc21. The van der Waals surface area contributed by atoms with Crippen LogP contribution in [0.15, 0.2) is 152 Å². The fourth-order valence-corrected chi connectivity index (χ4v) is 7.48. The molecule has 9 rings (SSSR count). The van der Waals surface area contributed by atoms with E-state index in [0.717, 1.165) is 77.2 Å². The Morgan fingerprint density at radius 3 is 1.76 bits per heavy atom. The second kappa shape index (κ2) is 11.4. The Morgan fingerprint density at radius 2 is 1.06 bits per heavy atom. The number of aromatic nitrogens is 2. The highest BCUT2D eigenvalue weighted by atomic mass is 15.0. The first kappa shape index (κ1) is 28.8. The molecule has 0 radical (unpaired) electrons. The van der Waals surface area contributed by atoms with Crippen molar-refractivity contribution in [2.45, 2.75) is 0 Å². The molecule has 50 heavy (non-hydrogen) atoms. The van der Waals surface area contributed by atoms with E-state index < -0.39 is 0 Å². The van der Waals surface area contributed by atoms with Crippen molar-refractivity contribution in [2.75, 3.05) is 0 Å². The van der Waals surface area contributed by atoms with Crippen LogP contribution in [0.5, 0.6) is 0 Å². The van der Waals surface area contributed by atoms with Gasteiger partial charge in [0, 0.05) is 21.8 Å². The zero-order chi connectivity index (χ0) is 33.8. The lowest BCUT2D eigenvalue weighted by Crippen LogP contribution is -1.99. The van der Waals surface area contributed by atoms with Crippen molar-refractivity contribution in [3.8, 4) is 39.7 Å². The average molecular weight is 636 g/mol. The highest BCUT2D eigenvalue weighted by molar-refractivity contribution is 6.14. The first-order chi connectivity index (χ1) is 24.7. The molecule has 0 unspecified atom stereocenters. The predicted octanol–water partition coefficient (Wildman–Crippen LogP) is 12.2. The van der Waals surface area contributed by atoms with Gasteiger partial charge >= 0.3 is 0 Å². The second-order valence-corrected chi connectivity index (χ2v) is 12.2. The third-order valence-corrected chi connectivity index (χ3v) is 9.61. The molecular weight excluding hydrogens is 611 g/mol. The van der Waals surface area contributed by atoms with E-state index >= 15 is 0 Å². The van der Waals surface area contributed by atoms with Crippen molar-refractivity contribution in [3.63, 3.8) is 0 Å². The fraction of sp³-hybridized carbons (Fsp3) is 0. The molecule has 5 heteroatoms. The van der Waals surface area contributed by atoms with Gasteiger partial charge in [0.15, 0.2) is 0 Å². The van der Waals surface area contributed by atoms with Crippen molar-refractivity contribution in [1.82, 2.24) is 9.13 Å². The van der Waals surface area contributed by atoms with Crippen molar-refractivity contribution < 1.29 is 0 Å². The molecule has 9 aromatic rings. The Bertz CT molecular complexity index is 2900. The topological polar surface area (TPSA) is 42.4 Å². The number of benzene rings is 7. The van der Waals surface area contributed by atoms with Gasteiger partial charge in [0.1, 0.15) is 0 Å². The monoisotopic (exact) mass is 635 g/mol. The molecule has 0 aliphatic carbocycles. The Morgan fingerprint density at radius 1 is 0.480 bits per heavy atom. The molecule has 0 aliphatic heterocycles. The van der Waals surface area contributed by atoms with E-state index in [2.05, 4.69) is 104 Å². The number of nitriles is 1. The van der Waals surface area contributed by atoms with Crippen LogP contribution in [0.4, 0.5) is 11.4 Å². The van der Waals surface area contributed by atoms with Gasteiger partial charge in [0.05, 0.1) is 52.5 Å². The summed E-state index contributed by atoms with van der Waals surface area (Å²) in [5, 5.41) is 13.8. The molecule has 0 atom stereocenters. The van der Waals surface area contributed by atoms with E-state index in [0.29, 0.717) is 16.9 Å². The van der Waals surface area contributed by atoms with Crippen LogP contribution in [-0.2, 0) is 0 Å². The number of hydrogen-bond acceptors (Lipinski definition) is 1. The zero-order valence-electron chi connectivity index (χ0n) is 26.7. The maximum Gasteiger partial charge on any atom is 0.211 e. The molecule has 0 N–H and O–H groups in total. The minimum absolute atomic E-state index is 0.559. The molecule has 0 fully saturated rings. The third-order valence-electron chi connectivity index (χ3n) is 9.61. The summed E-state index contributed by atoms with van der Waals surface area (Å²) in [7, 11) is 0. The lowest BCUT2D eigenvalue weighted by atomic mass is 9.93. The highest BCUT2D eigenvalue weighted by Crippen LogP contribution is 2.44. The maximum atomic E-state index is 9.61. The van der Waals surface area contributed by atoms with Crippen LogP contribution in [0.2, 0.25) is 0 Å². The largest absolute Gasteiger partial charge is 0.319 e. The molecule has 0 aliphatic rings. The number of rotatable bonds is 4. The molecular formula is C45H25N5. The number of para-hydroxylation sites is 4. The third kappa shape index (κ3) is 4.24. The molecule has 2 aromatic heterocycles. The van der Waals surface area contributed by atoms with Gasteiger partial charge < -0.3 is 9.13 Å². The van der Waals surface area contributed by atoms with Gasteiger partial charge in [-0.15, -0.1) is 0 Å². The highest BCUT2D eigenvalue weighted by Gasteiger charge is 2.21. The minimum atomic E-state index is 0.559.